The molecule has 282 valence electrons. The van der Waals surface area contributed by atoms with E-state index in [2.05, 4.69) is 35.5 Å². The Labute approximate surface area is 321 Å². The number of thiazole rings is 1. The molecule has 0 aliphatic rings. The van der Waals surface area contributed by atoms with Crippen molar-refractivity contribution in [2.24, 2.45) is 0 Å². The normalized spacial score (nSPS) is 12.2. The van der Waals surface area contributed by atoms with Gasteiger partial charge in [0, 0.05) is 55.1 Å². The lowest BCUT2D eigenvalue weighted by Crippen LogP contribution is -2.48. The summed E-state index contributed by atoms with van der Waals surface area (Å²) >= 11 is 1.50. The number of aliphatic hydroxyl groups is 1. The van der Waals surface area contributed by atoms with E-state index in [-0.39, 0.29) is 30.9 Å². The van der Waals surface area contributed by atoms with Crippen molar-refractivity contribution in [3.05, 3.63) is 153 Å². The minimum atomic E-state index is -0.949. The Bertz CT molecular complexity index is 2000. The average Bonchev–Trinajstić information content (AvgIpc) is 3.60. The molecule has 3 N–H and O–H groups in total. The number of nitrogens with zero attached hydrogens (tertiary/aromatic N) is 3. The Morgan fingerprint density at radius 3 is 2.20 bits per heavy atom. The molecular formula is C43H49N5O5S. The van der Waals surface area contributed by atoms with Crippen LogP contribution in [-0.2, 0) is 30.9 Å². The van der Waals surface area contributed by atoms with Gasteiger partial charge in [0.25, 0.3) is 11.8 Å². The number of nitrogens with one attached hydrogen (secondary N) is 2. The van der Waals surface area contributed by atoms with Gasteiger partial charge in [-0.15, -0.1) is 11.3 Å². The lowest BCUT2D eigenvalue weighted by molar-refractivity contribution is 0.0784. The SMILES string of the molecule is Cc1csc(CN(C)C(=O)c2cccc(C(=O)N[C@@H](Cc3ccccc3)[C@H](O)CNCc3cc(C(C)C)cc(N(C)C(=O)OCc4ccccc4)c3)c2)n1. The quantitative estimate of drug-likeness (QED) is 0.0983. The highest BCUT2D eigenvalue weighted by molar-refractivity contribution is 7.09. The van der Waals surface area contributed by atoms with Gasteiger partial charge >= 0.3 is 6.09 Å². The molecule has 0 aliphatic carbocycles. The lowest BCUT2D eigenvalue weighted by atomic mass is 9.99. The van der Waals surface area contributed by atoms with Gasteiger partial charge in [-0.2, -0.15) is 0 Å². The summed E-state index contributed by atoms with van der Waals surface area (Å²) in [6.45, 7) is 7.26. The molecule has 1 aromatic heterocycles. The maximum atomic E-state index is 13.6. The number of carbonyl (C=O) groups excluding carboxylic acids is 3. The lowest BCUT2D eigenvalue weighted by Gasteiger charge is -2.25. The number of hydrogen-bond donors (Lipinski definition) is 3. The van der Waals surface area contributed by atoms with E-state index in [1.54, 1.807) is 43.3 Å². The maximum Gasteiger partial charge on any atom is 0.414 e. The molecule has 54 heavy (non-hydrogen) atoms. The number of ether oxygens (including phenoxy) is 1. The smallest absolute Gasteiger partial charge is 0.414 e. The summed E-state index contributed by atoms with van der Waals surface area (Å²) < 4.78 is 5.57. The fraction of sp³-hybridized carbons (Fsp3) is 0.302. The molecule has 0 unspecified atom stereocenters. The van der Waals surface area contributed by atoms with Crippen LogP contribution in [-0.4, -0.2) is 65.7 Å². The van der Waals surface area contributed by atoms with Crippen molar-refractivity contribution in [1.29, 1.82) is 0 Å². The zero-order valence-electron chi connectivity index (χ0n) is 31.5. The second-order valence-electron chi connectivity index (χ2n) is 13.8. The first kappa shape index (κ1) is 39.8. The van der Waals surface area contributed by atoms with E-state index < -0.39 is 18.2 Å². The predicted molar refractivity (Wildman–Crippen MR) is 214 cm³/mol. The van der Waals surface area contributed by atoms with Crippen LogP contribution < -0.4 is 15.5 Å². The Morgan fingerprint density at radius 1 is 0.852 bits per heavy atom. The Kier molecular flexibility index (Phi) is 14.1. The number of aliphatic hydroxyl groups excluding tert-OH is 1. The van der Waals surface area contributed by atoms with Crippen molar-refractivity contribution in [3.8, 4) is 0 Å². The van der Waals surface area contributed by atoms with Crippen molar-refractivity contribution in [2.45, 2.75) is 65.0 Å². The Hall–Kier alpha value is -5.36. The van der Waals surface area contributed by atoms with Crippen LogP contribution in [0.15, 0.2) is 109 Å². The minimum absolute atomic E-state index is 0.176. The molecule has 5 rings (SSSR count). The molecule has 1 heterocycles. The summed E-state index contributed by atoms with van der Waals surface area (Å²) in [5.74, 6) is -0.396. The number of anilines is 1. The molecule has 0 radical (unpaired) electrons. The third-order valence-corrected chi connectivity index (χ3v) is 10.0. The van der Waals surface area contributed by atoms with Crippen molar-refractivity contribution in [2.75, 3.05) is 25.5 Å². The van der Waals surface area contributed by atoms with E-state index in [9.17, 15) is 19.5 Å². The zero-order chi connectivity index (χ0) is 38.6. The van der Waals surface area contributed by atoms with Gasteiger partial charge in [-0.05, 0) is 71.8 Å². The third kappa shape index (κ3) is 11.3. The van der Waals surface area contributed by atoms with E-state index in [4.69, 9.17) is 4.74 Å². The molecule has 0 aliphatic heterocycles. The first-order valence-electron chi connectivity index (χ1n) is 18.0. The van der Waals surface area contributed by atoms with Gasteiger partial charge in [0.2, 0.25) is 0 Å². The van der Waals surface area contributed by atoms with Gasteiger partial charge in [-0.25, -0.2) is 9.78 Å². The molecule has 2 atom stereocenters. The van der Waals surface area contributed by atoms with E-state index in [1.165, 1.54) is 16.2 Å². The van der Waals surface area contributed by atoms with Crippen LogP contribution in [0.1, 0.15) is 73.4 Å². The standard InChI is InChI=1S/C43H49N5O5S/c1-29(2)36-19-33(20-37(23-36)48(5)43(52)53-27-32-15-10-7-11-16-32)24-44-25-39(49)38(21-31-13-8-6-9-14-31)46-41(50)34-17-12-18-35(22-34)42(51)47(4)26-40-45-30(3)28-54-40/h6-20,22-23,28-29,38-39,44,49H,21,24-27H2,1-5H3,(H,46,50)/t38-,39+/m0/s1. The molecule has 4 aromatic carbocycles. The Morgan fingerprint density at radius 2 is 1.54 bits per heavy atom. The van der Waals surface area contributed by atoms with Crippen molar-refractivity contribution in [1.82, 2.24) is 20.5 Å². The number of carbonyl (C=O) groups is 3. The largest absolute Gasteiger partial charge is 0.444 e. The van der Waals surface area contributed by atoms with E-state index in [0.29, 0.717) is 36.3 Å². The molecule has 10 nitrogen and oxygen atoms in total. The summed E-state index contributed by atoms with van der Waals surface area (Å²) in [6, 6.07) is 31.2. The molecular weight excluding hydrogens is 699 g/mol. The summed E-state index contributed by atoms with van der Waals surface area (Å²) in [5, 5.41) is 20.7. The minimum Gasteiger partial charge on any atom is -0.444 e. The van der Waals surface area contributed by atoms with Gasteiger partial charge in [0.15, 0.2) is 0 Å². The number of benzene rings is 4. The van der Waals surface area contributed by atoms with Gasteiger partial charge in [-0.3, -0.25) is 14.5 Å². The van der Waals surface area contributed by atoms with Gasteiger partial charge in [0.1, 0.15) is 11.6 Å². The molecule has 5 aromatic rings. The van der Waals surface area contributed by atoms with Gasteiger partial charge in [-0.1, -0.05) is 86.6 Å². The molecule has 0 saturated heterocycles. The first-order chi connectivity index (χ1) is 26.0. The molecule has 0 saturated carbocycles. The van der Waals surface area contributed by atoms with Crippen LogP contribution in [0.5, 0.6) is 0 Å². The average molecular weight is 748 g/mol. The summed E-state index contributed by atoms with van der Waals surface area (Å²) in [6.07, 6.45) is -1.01. The van der Waals surface area contributed by atoms with E-state index in [1.807, 2.05) is 85.1 Å². The molecule has 0 fully saturated rings. The molecule has 3 amide bonds. The topological polar surface area (TPSA) is 124 Å². The van der Waals surface area contributed by atoms with Gasteiger partial charge in [0.05, 0.1) is 18.7 Å². The van der Waals surface area contributed by atoms with Gasteiger partial charge < -0.3 is 25.4 Å². The third-order valence-electron chi connectivity index (χ3n) is 9.05. The fourth-order valence-corrected chi connectivity index (χ4v) is 6.75. The number of rotatable bonds is 16. The van der Waals surface area contributed by atoms with Crippen LogP contribution in [0.4, 0.5) is 10.5 Å². The summed E-state index contributed by atoms with van der Waals surface area (Å²) in [5.41, 5.74) is 6.19. The zero-order valence-corrected chi connectivity index (χ0v) is 32.3. The van der Waals surface area contributed by atoms with Crippen LogP contribution >= 0.6 is 11.3 Å². The predicted octanol–water partition coefficient (Wildman–Crippen LogP) is 7.11. The van der Waals surface area contributed by atoms with Crippen LogP contribution in [0.3, 0.4) is 0 Å². The monoisotopic (exact) mass is 747 g/mol. The fourth-order valence-electron chi connectivity index (χ4n) is 5.92. The highest BCUT2D eigenvalue weighted by Gasteiger charge is 2.24. The number of aromatic nitrogens is 1. The first-order valence-corrected chi connectivity index (χ1v) is 18.9. The molecule has 0 bridgehead atoms. The molecule has 0 spiro atoms. The summed E-state index contributed by atoms with van der Waals surface area (Å²) in [7, 11) is 3.40. The molecule has 11 heteroatoms. The second kappa shape index (κ2) is 19.1. The van der Waals surface area contributed by atoms with Crippen LogP contribution in [0.2, 0.25) is 0 Å². The highest BCUT2D eigenvalue weighted by atomic mass is 32.1. The Balaban J connectivity index is 1.24. The highest BCUT2D eigenvalue weighted by Crippen LogP contribution is 2.25. The van der Waals surface area contributed by atoms with Crippen molar-refractivity contribution < 1.29 is 24.2 Å². The van der Waals surface area contributed by atoms with Crippen molar-refractivity contribution in [3.63, 3.8) is 0 Å². The number of amides is 3. The van der Waals surface area contributed by atoms with Crippen LogP contribution in [0, 0.1) is 6.92 Å². The second-order valence-corrected chi connectivity index (χ2v) is 14.7. The van der Waals surface area contributed by atoms with Crippen molar-refractivity contribution >= 4 is 34.9 Å². The number of aryl methyl sites for hydroxylation is 1. The van der Waals surface area contributed by atoms with E-state index >= 15 is 0 Å². The van der Waals surface area contributed by atoms with Crippen LogP contribution in [0.25, 0.3) is 0 Å². The maximum absolute atomic E-state index is 13.6. The number of hydrogen-bond acceptors (Lipinski definition) is 8. The van der Waals surface area contributed by atoms with E-state index in [0.717, 1.165) is 33.0 Å². The summed E-state index contributed by atoms with van der Waals surface area (Å²) in [4.78, 5) is 47.4.